The number of aliphatic hydroxyl groups excluding tert-OH is 1. The summed E-state index contributed by atoms with van der Waals surface area (Å²) in [5.41, 5.74) is 3.48. The summed E-state index contributed by atoms with van der Waals surface area (Å²) < 4.78 is 27.9. The van der Waals surface area contributed by atoms with E-state index in [0.717, 1.165) is 0 Å². The number of hydrogen-bond acceptors (Lipinski definition) is 12. The average molecular weight is 637 g/mol. The molecule has 1 fully saturated rings. The highest BCUT2D eigenvalue weighted by Gasteiger charge is 2.53. The zero-order valence-corrected chi connectivity index (χ0v) is 25.1. The molecule has 2 heterocycles. The molecular weight excluding hydrogens is 604 g/mol. The van der Waals surface area contributed by atoms with Gasteiger partial charge in [0.25, 0.3) is 5.91 Å². The number of aryl methyl sites for hydroxylation is 1. The standard InChI is InChI=1S/C32H32N2O12/c1-14-20(43-30-24(38)26(45-31(33)41)27(42-4)32(2,3)46-30)12-11-18-23(37)21(29(40)44-25(14)18)34-28(39)16-8-5-7-15(13-16)17-9-6-10-19(35)22(17)36/h5-13,24,26-27,30,35-38H,1-4H3,(H2,33,41)(H,34,39)/t24-,26+,27-,30-/m1/s1. The van der Waals surface area contributed by atoms with Crippen molar-refractivity contribution < 1.29 is 53.4 Å². The van der Waals surface area contributed by atoms with Crippen molar-refractivity contribution in [3.8, 4) is 34.1 Å². The largest absolute Gasteiger partial charge is 0.505 e. The average Bonchev–Trinajstić information content (AvgIpc) is 3.00. The summed E-state index contributed by atoms with van der Waals surface area (Å²) >= 11 is 0. The lowest BCUT2D eigenvalue weighted by Gasteiger charge is -2.47. The number of carbonyl (C=O) groups excluding carboxylic acids is 2. The van der Waals surface area contributed by atoms with Crippen LogP contribution in [-0.4, -0.2) is 69.7 Å². The minimum Gasteiger partial charge on any atom is -0.505 e. The monoisotopic (exact) mass is 636 g/mol. The fourth-order valence-electron chi connectivity index (χ4n) is 5.45. The van der Waals surface area contributed by atoms with E-state index in [1.165, 1.54) is 50.4 Å². The summed E-state index contributed by atoms with van der Waals surface area (Å²) in [5, 5.41) is 44.5. The van der Waals surface area contributed by atoms with Gasteiger partial charge in [-0.05, 0) is 56.7 Å². The van der Waals surface area contributed by atoms with Crippen molar-refractivity contribution in [1.29, 1.82) is 0 Å². The summed E-state index contributed by atoms with van der Waals surface area (Å²) in [6, 6.07) is 13.3. The van der Waals surface area contributed by atoms with Crippen molar-refractivity contribution in [2.24, 2.45) is 5.73 Å². The first kappa shape index (κ1) is 32.1. The number of aromatic hydroxyl groups is 3. The molecule has 0 unspecified atom stereocenters. The number of rotatable bonds is 7. The molecule has 1 aromatic heterocycles. The zero-order chi connectivity index (χ0) is 33.5. The number of benzene rings is 3. The molecule has 14 heteroatoms. The maximum absolute atomic E-state index is 13.1. The second kappa shape index (κ2) is 12.2. The van der Waals surface area contributed by atoms with Crippen molar-refractivity contribution in [2.75, 3.05) is 12.4 Å². The van der Waals surface area contributed by atoms with E-state index < -0.39 is 59.3 Å². The molecule has 0 aliphatic carbocycles. The van der Waals surface area contributed by atoms with Crippen LogP contribution in [0.5, 0.6) is 23.0 Å². The lowest BCUT2D eigenvalue weighted by atomic mass is 9.89. The normalized spacial score (nSPS) is 20.6. The number of fused-ring (bicyclic) bond motifs is 1. The number of para-hydroxylation sites is 1. The van der Waals surface area contributed by atoms with E-state index in [2.05, 4.69) is 5.32 Å². The SMILES string of the molecule is CO[C@@H]1[C@@H](OC(N)=O)[C@@H](O)[C@H](Oc2ccc3c(O)c(NC(=O)c4cccc(-c5cccc(O)c5O)c4)c(=O)oc3c2C)OC1(C)C. The molecule has 242 valence electrons. The van der Waals surface area contributed by atoms with Crippen LogP contribution >= 0.6 is 0 Å². The molecule has 14 nitrogen and oxygen atoms in total. The van der Waals surface area contributed by atoms with Crippen LogP contribution < -0.4 is 21.4 Å². The lowest BCUT2D eigenvalue weighted by Crippen LogP contribution is -2.65. The van der Waals surface area contributed by atoms with Crippen LogP contribution in [0.2, 0.25) is 0 Å². The Kier molecular flexibility index (Phi) is 8.54. The summed E-state index contributed by atoms with van der Waals surface area (Å²) in [6.07, 6.45) is -6.17. The van der Waals surface area contributed by atoms with Gasteiger partial charge in [-0.15, -0.1) is 0 Å². The number of methoxy groups -OCH3 is 1. The van der Waals surface area contributed by atoms with E-state index in [1.807, 2.05) is 0 Å². The number of anilines is 1. The third-order valence-electron chi connectivity index (χ3n) is 7.70. The van der Waals surface area contributed by atoms with Crippen molar-refractivity contribution in [3.05, 3.63) is 76.1 Å². The van der Waals surface area contributed by atoms with Crippen LogP contribution in [0.25, 0.3) is 22.1 Å². The molecule has 4 atom stereocenters. The molecule has 0 saturated carbocycles. The number of nitrogens with two attached hydrogens (primary N) is 1. The highest BCUT2D eigenvalue weighted by molar-refractivity contribution is 6.07. The highest BCUT2D eigenvalue weighted by Crippen LogP contribution is 2.39. The molecule has 2 amide bonds. The van der Waals surface area contributed by atoms with Crippen LogP contribution in [0.15, 0.2) is 63.8 Å². The molecule has 1 saturated heterocycles. The topological polar surface area (TPSA) is 220 Å². The molecule has 1 aliphatic rings. The Hall–Kier alpha value is -5.31. The van der Waals surface area contributed by atoms with Gasteiger partial charge in [0.15, 0.2) is 35.1 Å². The van der Waals surface area contributed by atoms with Crippen LogP contribution in [0, 0.1) is 6.92 Å². The number of phenolic OH excluding ortho intramolecular Hbond substituents is 2. The molecule has 0 bridgehead atoms. The Labute approximate surface area is 261 Å². The van der Waals surface area contributed by atoms with Crippen LogP contribution in [0.4, 0.5) is 10.5 Å². The predicted octanol–water partition coefficient (Wildman–Crippen LogP) is 3.49. The summed E-state index contributed by atoms with van der Waals surface area (Å²) in [6.45, 7) is 4.83. The Morgan fingerprint density at radius 3 is 2.43 bits per heavy atom. The van der Waals surface area contributed by atoms with E-state index in [4.69, 9.17) is 29.1 Å². The quantitative estimate of drug-likeness (QED) is 0.127. The molecule has 1 aliphatic heterocycles. The highest BCUT2D eigenvalue weighted by atomic mass is 16.7. The molecular formula is C32H32N2O12. The van der Waals surface area contributed by atoms with Gasteiger partial charge in [-0.25, -0.2) is 9.59 Å². The van der Waals surface area contributed by atoms with E-state index >= 15 is 0 Å². The Balaban J connectivity index is 1.43. The molecule has 0 radical (unpaired) electrons. The van der Waals surface area contributed by atoms with Gasteiger partial charge in [-0.3, -0.25) is 4.79 Å². The van der Waals surface area contributed by atoms with Crippen LogP contribution in [0.3, 0.4) is 0 Å². The van der Waals surface area contributed by atoms with Gasteiger partial charge in [0.05, 0.1) is 11.0 Å². The molecule has 7 N–H and O–H groups in total. The Morgan fingerprint density at radius 2 is 1.74 bits per heavy atom. The first-order valence-electron chi connectivity index (χ1n) is 14.0. The minimum absolute atomic E-state index is 0.0661. The third kappa shape index (κ3) is 5.88. The number of amides is 2. The molecule has 0 spiro atoms. The Morgan fingerprint density at radius 1 is 1.02 bits per heavy atom. The van der Waals surface area contributed by atoms with Crippen molar-refractivity contribution >= 4 is 28.7 Å². The van der Waals surface area contributed by atoms with Gasteiger partial charge in [0.2, 0.25) is 6.29 Å². The van der Waals surface area contributed by atoms with E-state index in [-0.39, 0.29) is 44.9 Å². The number of hydrogen-bond donors (Lipinski definition) is 6. The van der Waals surface area contributed by atoms with Crippen molar-refractivity contribution in [3.63, 3.8) is 0 Å². The number of nitrogens with one attached hydrogen (secondary N) is 1. The zero-order valence-electron chi connectivity index (χ0n) is 25.1. The molecule has 46 heavy (non-hydrogen) atoms. The van der Waals surface area contributed by atoms with Gasteiger partial charge in [0, 0.05) is 23.8 Å². The fourth-order valence-corrected chi connectivity index (χ4v) is 5.45. The Bertz CT molecular complexity index is 1890. The summed E-state index contributed by atoms with van der Waals surface area (Å²) in [7, 11) is 1.36. The van der Waals surface area contributed by atoms with Crippen molar-refractivity contribution in [1.82, 2.24) is 0 Å². The van der Waals surface area contributed by atoms with Gasteiger partial charge >= 0.3 is 11.7 Å². The van der Waals surface area contributed by atoms with Gasteiger partial charge in [-0.2, -0.15) is 0 Å². The van der Waals surface area contributed by atoms with Gasteiger partial charge in [-0.1, -0.05) is 24.3 Å². The lowest BCUT2D eigenvalue weighted by molar-refractivity contribution is -0.304. The number of phenols is 2. The van der Waals surface area contributed by atoms with E-state index in [0.29, 0.717) is 5.56 Å². The minimum atomic E-state index is -1.53. The first-order chi connectivity index (χ1) is 21.7. The first-order valence-corrected chi connectivity index (χ1v) is 14.0. The summed E-state index contributed by atoms with van der Waals surface area (Å²) in [4.78, 5) is 37.7. The second-order valence-electron chi connectivity index (χ2n) is 11.1. The van der Waals surface area contributed by atoms with E-state index in [9.17, 15) is 34.8 Å². The van der Waals surface area contributed by atoms with E-state index in [1.54, 1.807) is 32.0 Å². The number of aliphatic hydroxyl groups is 1. The number of ether oxygens (including phenoxy) is 4. The molecule has 4 aromatic rings. The predicted molar refractivity (Wildman–Crippen MR) is 163 cm³/mol. The van der Waals surface area contributed by atoms with Crippen LogP contribution in [-0.2, 0) is 14.2 Å². The number of carbonyl (C=O) groups is 2. The smallest absolute Gasteiger partial charge is 0.404 e. The number of primary amides is 1. The van der Waals surface area contributed by atoms with Crippen LogP contribution in [0.1, 0.15) is 29.8 Å². The maximum atomic E-state index is 13.1. The maximum Gasteiger partial charge on any atom is 0.404 e. The summed E-state index contributed by atoms with van der Waals surface area (Å²) in [5.74, 6) is -1.91. The third-order valence-corrected chi connectivity index (χ3v) is 7.70. The molecule has 5 rings (SSSR count). The fraction of sp³-hybridized carbons (Fsp3) is 0.281. The second-order valence-corrected chi connectivity index (χ2v) is 11.1. The van der Waals surface area contributed by atoms with Gasteiger partial charge in [0.1, 0.15) is 17.4 Å². The van der Waals surface area contributed by atoms with Gasteiger partial charge < -0.3 is 54.8 Å². The molecule has 3 aromatic carbocycles. The van der Waals surface area contributed by atoms with Crippen molar-refractivity contribution in [2.45, 2.75) is 51.0 Å².